The van der Waals surface area contributed by atoms with Crippen LogP contribution >= 0.6 is 0 Å². The number of benzene rings is 1. The molecule has 2 aromatic heterocycles. The molecule has 3 aromatic rings. The number of carbonyl (C=O) groups excluding carboxylic acids is 1. The quantitative estimate of drug-likeness (QED) is 0.687. The van der Waals surface area contributed by atoms with Crippen molar-refractivity contribution in [2.75, 3.05) is 7.11 Å². The average Bonchev–Trinajstić information content (AvgIpc) is 3.03. The summed E-state index contributed by atoms with van der Waals surface area (Å²) in [5, 5.41) is 8.17. The van der Waals surface area contributed by atoms with E-state index >= 15 is 0 Å². The molecule has 2 atom stereocenters. The molecular formula is C19H17F2N3O2. The molecular weight excluding hydrogens is 340 g/mol. The molecule has 2 N–H and O–H groups in total. The molecule has 134 valence electrons. The van der Waals surface area contributed by atoms with E-state index in [1.54, 1.807) is 25.1 Å². The van der Waals surface area contributed by atoms with Gasteiger partial charge < -0.3 is 9.72 Å². The van der Waals surface area contributed by atoms with Crippen molar-refractivity contribution in [2.45, 2.75) is 25.7 Å². The standard InChI is InChI=1S/C19H17F2N3O2/c1-18-8-14-11(7-15(18)19(18,20)21)16(24-23-14)13-6-10-5-9(17(25)26-2)3-4-12(10)22-13/h3-6,15,22H,7-8H2,1-2H3,(H,23,24)/t15-,18+/m0/s1. The number of fused-ring (bicyclic) bond motifs is 3. The molecule has 1 fully saturated rings. The number of alkyl halides is 2. The van der Waals surface area contributed by atoms with Crippen molar-refractivity contribution in [1.82, 2.24) is 15.2 Å². The van der Waals surface area contributed by atoms with Gasteiger partial charge in [0.05, 0.1) is 18.4 Å². The fourth-order valence-corrected chi connectivity index (χ4v) is 4.34. The fourth-order valence-electron chi connectivity index (χ4n) is 4.34. The number of hydrogen-bond donors (Lipinski definition) is 2. The van der Waals surface area contributed by atoms with Crippen molar-refractivity contribution in [1.29, 1.82) is 0 Å². The van der Waals surface area contributed by atoms with Gasteiger partial charge in [0.1, 0.15) is 5.69 Å². The van der Waals surface area contributed by atoms with Crippen molar-refractivity contribution in [3.8, 4) is 11.4 Å². The van der Waals surface area contributed by atoms with Gasteiger partial charge in [0.25, 0.3) is 5.92 Å². The summed E-state index contributed by atoms with van der Waals surface area (Å²) in [6.45, 7) is 1.65. The topological polar surface area (TPSA) is 70.8 Å². The molecule has 7 heteroatoms. The summed E-state index contributed by atoms with van der Waals surface area (Å²) in [6.07, 6.45) is 0.646. The monoisotopic (exact) mass is 357 g/mol. The van der Waals surface area contributed by atoms with Crippen LogP contribution in [0.3, 0.4) is 0 Å². The van der Waals surface area contributed by atoms with Gasteiger partial charge in [-0.2, -0.15) is 5.10 Å². The van der Waals surface area contributed by atoms with Gasteiger partial charge >= 0.3 is 5.97 Å². The van der Waals surface area contributed by atoms with Gasteiger partial charge in [-0.15, -0.1) is 0 Å². The molecule has 2 heterocycles. The summed E-state index contributed by atoms with van der Waals surface area (Å²) in [4.78, 5) is 15.0. The lowest BCUT2D eigenvalue weighted by atomic mass is 9.87. The van der Waals surface area contributed by atoms with Crippen molar-refractivity contribution in [3.05, 3.63) is 41.1 Å². The van der Waals surface area contributed by atoms with Crippen LogP contribution in [0.15, 0.2) is 24.3 Å². The Kier molecular flexibility index (Phi) is 2.82. The molecule has 0 aliphatic heterocycles. The molecule has 1 aromatic carbocycles. The maximum Gasteiger partial charge on any atom is 0.337 e. The number of hydrogen-bond acceptors (Lipinski definition) is 3. The Morgan fingerprint density at radius 1 is 1.35 bits per heavy atom. The third-order valence-electron chi connectivity index (χ3n) is 6.09. The number of nitrogens with one attached hydrogen (secondary N) is 2. The van der Waals surface area contributed by atoms with E-state index in [0.717, 1.165) is 27.9 Å². The minimum Gasteiger partial charge on any atom is -0.465 e. The minimum absolute atomic E-state index is 0.319. The Bertz CT molecular complexity index is 1070. The van der Waals surface area contributed by atoms with Crippen molar-refractivity contribution in [3.63, 3.8) is 0 Å². The lowest BCUT2D eigenvalue weighted by Gasteiger charge is -2.15. The maximum atomic E-state index is 14.1. The molecule has 1 saturated carbocycles. The number of methoxy groups -OCH3 is 1. The van der Waals surface area contributed by atoms with Crippen LogP contribution in [-0.2, 0) is 17.6 Å². The molecule has 0 bridgehead atoms. The minimum atomic E-state index is -2.61. The summed E-state index contributed by atoms with van der Waals surface area (Å²) >= 11 is 0. The second-order valence-electron chi connectivity index (χ2n) is 7.48. The van der Waals surface area contributed by atoms with Gasteiger partial charge in [-0.25, -0.2) is 13.6 Å². The van der Waals surface area contributed by atoms with Gasteiger partial charge in [0, 0.05) is 39.9 Å². The zero-order valence-corrected chi connectivity index (χ0v) is 14.3. The molecule has 26 heavy (non-hydrogen) atoms. The van der Waals surface area contributed by atoms with Gasteiger partial charge in [-0.1, -0.05) is 6.92 Å². The zero-order valence-electron chi connectivity index (χ0n) is 14.3. The predicted octanol–water partition coefficient (Wildman–Crippen LogP) is 3.71. The third kappa shape index (κ3) is 1.83. The van der Waals surface area contributed by atoms with Crippen LogP contribution in [-0.4, -0.2) is 34.2 Å². The van der Waals surface area contributed by atoms with Crippen molar-refractivity contribution in [2.24, 2.45) is 11.3 Å². The fraction of sp³-hybridized carbons (Fsp3) is 0.368. The lowest BCUT2D eigenvalue weighted by Crippen LogP contribution is -2.14. The van der Waals surface area contributed by atoms with Crippen LogP contribution in [0.25, 0.3) is 22.3 Å². The Hall–Kier alpha value is -2.70. The number of rotatable bonds is 2. The number of H-pyrrole nitrogens is 2. The molecule has 0 amide bonds. The van der Waals surface area contributed by atoms with Crippen LogP contribution < -0.4 is 0 Å². The number of carbonyl (C=O) groups is 1. The summed E-state index contributed by atoms with van der Waals surface area (Å²) in [6, 6.07) is 7.12. The first-order valence-corrected chi connectivity index (χ1v) is 8.50. The van der Waals surface area contributed by atoms with Crippen LogP contribution in [0, 0.1) is 11.3 Å². The number of aromatic amines is 2. The molecule has 2 aliphatic rings. The molecule has 0 unspecified atom stereocenters. The Labute approximate surface area is 147 Å². The Balaban J connectivity index is 1.55. The number of aromatic nitrogens is 3. The van der Waals surface area contributed by atoms with Gasteiger partial charge in [-0.05, 0) is 30.7 Å². The van der Waals surface area contributed by atoms with Crippen molar-refractivity contribution < 1.29 is 18.3 Å². The third-order valence-corrected chi connectivity index (χ3v) is 6.09. The second-order valence-corrected chi connectivity index (χ2v) is 7.48. The smallest absolute Gasteiger partial charge is 0.337 e. The van der Waals surface area contributed by atoms with Crippen LogP contribution in [0.5, 0.6) is 0 Å². The molecule has 0 spiro atoms. The maximum absolute atomic E-state index is 14.1. The highest BCUT2D eigenvalue weighted by molar-refractivity contribution is 5.96. The van der Waals surface area contributed by atoms with E-state index < -0.39 is 23.2 Å². The van der Waals surface area contributed by atoms with Gasteiger partial charge in [-0.3, -0.25) is 5.10 Å². The second kappa shape index (κ2) is 4.72. The van der Waals surface area contributed by atoms with Crippen LogP contribution in [0.2, 0.25) is 0 Å². The molecule has 0 radical (unpaired) electrons. The van der Waals surface area contributed by atoms with E-state index in [1.165, 1.54) is 7.11 Å². The van der Waals surface area contributed by atoms with E-state index in [4.69, 9.17) is 4.74 Å². The predicted molar refractivity (Wildman–Crippen MR) is 91.2 cm³/mol. The van der Waals surface area contributed by atoms with Crippen LogP contribution in [0.1, 0.15) is 28.5 Å². The molecule has 2 aliphatic carbocycles. The van der Waals surface area contributed by atoms with Crippen molar-refractivity contribution >= 4 is 16.9 Å². The lowest BCUT2D eigenvalue weighted by molar-refractivity contribution is 0.0599. The first-order chi connectivity index (χ1) is 12.3. The molecule has 5 nitrogen and oxygen atoms in total. The number of ether oxygens (including phenoxy) is 1. The summed E-state index contributed by atoms with van der Waals surface area (Å²) in [5.74, 6) is -3.63. The van der Waals surface area contributed by atoms with E-state index in [9.17, 15) is 13.6 Å². The number of esters is 1. The first-order valence-electron chi connectivity index (χ1n) is 8.50. The highest BCUT2D eigenvalue weighted by Crippen LogP contribution is 2.70. The summed E-state index contributed by atoms with van der Waals surface area (Å²) < 4.78 is 32.9. The van der Waals surface area contributed by atoms with E-state index in [1.807, 2.05) is 6.07 Å². The largest absolute Gasteiger partial charge is 0.465 e. The molecule has 5 rings (SSSR count). The number of halogens is 2. The zero-order chi connectivity index (χ0) is 18.3. The van der Waals surface area contributed by atoms with E-state index in [2.05, 4.69) is 15.2 Å². The van der Waals surface area contributed by atoms with E-state index in [0.29, 0.717) is 24.1 Å². The van der Waals surface area contributed by atoms with Gasteiger partial charge in [0.15, 0.2) is 0 Å². The molecule has 0 saturated heterocycles. The number of nitrogens with zero attached hydrogens (tertiary/aromatic N) is 1. The van der Waals surface area contributed by atoms with Gasteiger partial charge in [0.2, 0.25) is 0 Å². The Morgan fingerprint density at radius 3 is 2.92 bits per heavy atom. The summed E-state index contributed by atoms with van der Waals surface area (Å²) in [5.41, 5.74) is 3.46. The first kappa shape index (κ1) is 15.5. The van der Waals surface area contributed by atoms with E-state index in [-0.39, 0.29) is 0 Å². The highest BCUT2D eigenvalue weighted by atomic mass is 19.3. The average molecular weight is 357 g/mol. The SMILES string of the molecule is COC(=O)c1ccc2[nH]c(-c3n[nH]c4c3C[C@@H]3C(F)(F)[C@]3(C)C4)cc2c1. The normalized spacial score (nSPS) is 25.6. The van der Waals surface area contributed by atoms with Crippen LogP contribution in [0.4, 0.5) is 8.78 Å². The Morgan fingerprint density at radius 2 is 2.15 bits per heavy atom. The highest BCUT2D eigenvalue weighted by Gasteiger charge is 2.78. The summed E-state index contributed by atoms with van der Waals surface area (Å²) in [7, 11) is 1.34.